The Kier molecular flexibility index (Phi) is 7.21. The predicted octanol–water partition coefficient (Wildman–Crippen LogP) is 6.63. The summed E-state index contributed by atoms with van der Waals surface area (Å²) in [5.74, 6) is -1.02. The monoisotopic (exact) mass is 536 g/mol. The lowest BCUT2D eigenvalue weighted by molar-refractivity contribution is -0.117. The number of ketones is 2. The molecule has 0 bridgehead atoms. The van der Waals surface area contributed by atoms with Crippen molar-refractivity contribution in [2.45, 2.75) is 19.9 Å². The van der Waals surface area contributed by atoms with Crippen LogP contribution in [-0.4, -0.2) is 27.6 Å². The number of anilines is 1. The lowest BCUT2D eigenvalue weighted by Crippen LogP contribution is -2.30. The van der Waals surface area contributed by atoms with Crippen LogP contribution in [0.3, 0.4) is 0 Å². The maximum atomic E-state index is 13.5. The summed E-state index contributed by atoms with van der Waals surface area (Å²) in [5, 5.41) is 11.2. The van der Waals surface area contributed by atoms with E-state index < -0.39 is 23.5 Å². The normalized spacial score (nSPS) is 15.3. The zero-order chi connectivity index (χ0) is 27.5. The molecule has 1 aliphatic heterocycles. The van der Waals surface area contributed by atoms with E-state index >= 15 is 0 Å². The second-order valence-corrected chi connectivity index (χ2v) is 9.88. The Morgan fingerprint density at radius 2 is 1.64 bits per heavy atom. The van der Waals surface area contributed by atoms with Crippen LogP contribution >= 0.6 is 11.3 Å². The lowest BCUT2D eigenvalue weighted by Gasteiger charge is -2.24. The van der Waals surface area contributed by atoms with Crippen molar-refractivity contribution in [1.82, 2.24) is 4.98 Å². The van der Waals surface area contributed by atoms with E-state index in [4.69, 9.17) is 4.74 Å². The van der Waals surface area contributed by atoms with Gasteiger partial charge in [-0.1, -0.05) is 78.1 Å². The molecule has 4 aromatic rings. The third kappa shape index (κ3) is 5.28. The fourth-order valence-electron chi connectivity index (χ4n) is 4.38. The lowest BCUT2D eigenvalue weighted by atomic mass is 9.95. The van der Waals surface area contributed by atoms with Crippen molar-refractivity contribution in [2.24, 2.45) is 0 Å². The molecule has 194 valence electrons. The van der Waals surface area contributed by atoms with Gasteiger partial charge in [-0.25, -0.2) is 4.98 Å². The van der Waals surface area contributed by atoms with Crippen LogP contribution in [0.25, 0.3) is 6.08 Å². The molecule has 8 heteroatoms. The summed E-state index contributed by atoms with van der Waals surface area (Å²) in [6, 6.07) is 24.5. The number of aryl methyl sites for hydroxylation is 1. The van der Waals surface area contributed by atoms with Gasteiger partial charge in [0, 0.05) is 6.92 Å². The molecule has 1 atom stereocenters. The number of allylic oxidation sites excluding steroid dienone is 1. The minimum atomic E-state index is -0.991. The van der Waals surface area contributed by atoms with Gasteiger partial charge < -0.3 is 9.84 Å². The summed E-state index contributed by atoms with van der Waals surface area (Å²) in [6.07, 6.45) is 2.96. The average Bonchev–Trinajstić information content (AvgIpc) is 3.45. The van der Waals surface area contributed by atoms with Gasteiger partial charge >= 0.3 is 0 Å². The number of amides is 1. The number of rotatable bonds is 8. The molecule has 2 heterocycles. The average molecular weight is 537 g/mol. The van der Waals surface area contributed by atoms with Crippen molar-refractivity contribution in [3.63, 3.8) is 0 Å². The number of para-hydroxylation sites is 1. The van der Waals surface area contributed by atoms with E-state index in [1.54, 1.807) is 37.3 Å². The Bertz CT molecular complexity index is 1620. The molecule has 0 radical (unpaired) electrons. The summed E-state index contributed by atoms with van der Waals surface area (Å²) < 4.78 is 5.99. The Morgan fingerprint density at radius 1 is 0.974 bits per heavy atom. The molecular weight excluding hydrogens is 512 g/mol. The molecule has 1 amide bonds. The number of carbonyl (C=O) groups is 3. The molecule has 0 saturated heterocycles. The number of carbonyl (C=O) groups excluding carboxylic acids is 3. The summed E-state index contributed by atoms with van der Waals surface area (Å²) in [7, 11) is 0. The van der Waals surface area contributed by atoms with Crippen LogP contribution < -0.4 is 9.64 Å². The zero-order valence-corrected chi connectivity index (χ0v) is 22.0. The number of hydrogen-bond donors (Lipinski definition) is 1. The minimum Gasteiger partial charge on any atom is -0.503 e. The van der Waals surface area contributed by atoms with E-state index in [1.807, 2.05) is 60.7 Å². The number of thiazole rings is 1. The highest BCUT2D eigenvalue weighted by molar-refractivity contribution is 7.17. The van der Waals surface area contributed by atoms with Crippen molar-refractivity contribution in [2.75, 3.05) is 4.90 Å². The fourth-order valence-corrected chi connectivity index (χ4v) is 5.37. The maximum absolute atomic E-state index is 13.5. The first-order valence-corrected chi connectivity index (χ1v) is 13.0. The van der Waals surface area contributed by atoms with E-state index in [9.17, 15) is 19.5 Å². The van der Waals surface area contributed by atoms with E-state index in [2.05, 4.69) is 4.98 Å². The molecule has 39 heavy (non-hydrogen) atoms. The number of ether oxygens (including phenoxy) is 1. The topological polar surface area (TPSA) is 96.8 Å². The molecule has 0 spiro atoms. The van der Waals surface area contributed by atoms with Crippen LogP contribution in [0, 0.1) is 6.92 Å². The number of nitrogens with zero attached hydrogens (tertiary/aromatic N) is 2. The first-order valence-electron chi connectivity index (χ1n) is 12.2. The van der Waals surface area contributed by atoms with Crippen molar-refractivity contribution < 1.29 is 24.2 Å². The van der Waals surface area contributed by atoms with Gasteiger partial charge in [0.05, 0.1) is 22.2 Å². The predicted molar refractivity (Wildman–Crippen MR) is 150 cm³/mol. The third-order valence-corrected chi connectivity index (χ3v) is 7.42. The number of Topliss-reactive ketones (excluding diaryl/α,β-unsaturated/α-hetero) is 1. The second kappa shape index (κ2) is 10.9. The van der Waals surface area contributed by atoms with Gasteiger partial charge in [0.25, 0.3) is 5.91 Å². The van der Waals surface area contributed by atoms with Gasteiger partial charge in [-0.3, -0.25) is 19.3 Å². The van der Waals surface area contributed by atoms with Crippen LogP contribution in [0.15, 0.2) is 102 Å². The number of aliphatic hydroxyl groups excluding tert-OH is 1. The highest BCUT2D eigenvalue weighted by Crippen LogP contribution is 2.44. The highest BCUT2D eigenvalue weighted by Gasteiger charge is 2.45. The van der Waals surface area contributed by atoms with E-state index in [0.29, 0.717) is 27.6 Å². The van der Waals surface area contributed by atoms with Gasteiger partial charge in [0.1, 0.15) is 11.5 Å². The zero-order valence-electron chi connectivity index (χ0n) is 21.2. The van der Waals surface area contributed by atoms with Crippen LogP contribution in [0.4, 0.5) is 5.13 Å². The van der Waals surface area contributed by atoms with Crippen molar-refractivity contribution in [1.29, 1.82) is 0 Å². The number of benzene rings is 3. The molecule has 3 aromatic carbocycles. The Hall–Kier alpha value is -4.82. The van der Waals surface area contributed by atoms with Crippen molar-refractivity contribution >= 4 is 40.0 Å². The molecule has 0 aliphatic carbocycles. The summed E-state index contributed by atoms with van der Waals surface area (Å²) in [5.41, 5.74) is 1.72. The van der Waals surface area contributed by atoms with Gasteiger partial charge in [-0.05, 0) is 48.4 Å². The fraction of sp³-hybridized carbons (Fsp3) is 0.0968. The molecule has 1 unspecified atom stereocenters. The van der Waals surface area contributed by atoms with E-state index in [1.165, 1.54) is 17.9 Å². The first-order chi connectivity index (χ1) is 18.8. The van der Waals surface area contributed by atoms with Gasteiger partial charge in [-0.15, -0.1) is 0 Å². The van der Waals surface area contributed by atoms with E-state index in [-0.39, 0.29) is 16.5 Å². The summed E-state index contributed by atoms with van der Waals surface area (Å²) in [6.45, 7) is 3.11. The molecule has 1 aliphatic rings. The SMILES string of the molecule is CC(=O)c1sc(N2C(=O)C(O)=C(C(=O)C=Cc3ccccc3)C2c2cccc(Oc3ccccc3)c2)nc1C. The Balaban J connectivity index is 1.59. The summed E-state index contributed by atoms with van der Waals surface area (Å²) in [4.78, 5) is 45.2. The third-order valence-electron chi connectivity index (χ3n) is 6.16. The van der Waals surface area contributed by atoms with Gasteiger partial charge in [-0.2, -0.15) is 0 Å². The molecule has 1 N–H and O–H groups in total. The van der Waals surface area contributed by atoms with Gasteiger partial charge in [0.2, 0.25) is 0 Å². The molecular formula is C31H24N2O5S. The Morgan fingerprint density at radius 3 is 2.31 bits per heavy atom. The molecule has 0 saturated carbocycles. The van der Waals surface area contributed by atoms with Crippen molar-refractivity contribution in [3.05, 3.63) is 124 Å². The molecule has 5 rings (SSSR count). The number of aromatic nitrogens is 1. The smallest absolute Gasteiger partial charge is 0.296 e. The molecule has 7 nitrogen and oxygen atoms in total. The van der Waals surface area contributed by atoms with E-state index in [0.717, 1.165) is 16.9 Å². The number of aliphatic hydroxyl groups is 1. The summed E-state index contributed by atoms with van der Waals surface area (Å²) >= 11 is 1.05. The van der Waals surface area contributed by atoms with Gasteiger partial charge in [0.15, 0.2) is 22.5 Å². The molecule has 1 aromatic heterocycles. The first kappa shape index (κ1) is 25.8. The van der Waals surface area contributed by atoms with Crippen LogP contribution in [0.1, 0.15) is 39.5 Å². The number of hydrogen-bond acceptors (Lipinski definition) is 7. The second-order valence-electron chi connectivity index (χ2n) is 8.90. The molecule has 0 fully saturated rings. The highest BCUT2D eigenvalue weighted by atomic mass is 32.1. The van der Waals surface area contributed by atoms with Crippen LogP contribution in [0.5, 0.6) is 11.5 Å². The maximum Gasteiger partial charge on any atom is 0.296 e. The largest absolute Gasteiger partial charge is 0.503 e. The van der Waals surface area contributed by atoms with Crippen LogP contribution in [0.2, 0.25) is 0 Å². The minimum absolute atomic E-state index is 0.0822. The standard InChI is InChI=1S/C31H24N2O5S/c1-19-29(20(2)34)39-31(32-19)33-27(22-12-9-15-24(18-22)38-23-13-7-4-8-14-23)26(28(36)30(33)37)25(35)17-16-21-10-5-3-6-11-21/h3-18,27,36H,1-2H3. The quantitative estimate of drug-likeness (QED) is 0.201. The van der Waals surface area contributed by atoms with Crippen molar-refractivity contribution in [3.8, 4) is 11.5 Å². The Labute approximate surface area is 229 Å². The van der Waals surface area contributed by atoms with Crippen LogP contribution in [-0.2, 0) is 9.59 Å².